The molecule has 1 aliphatic rings. The van der Waals surface area contributed by atoms with Crippen LogP contribution in [-0.4, -0.2) is 29.7 Å². The van der Waals surface area contributed by atoms with E-state index in [1.165, 1.54) is 25.8 Å². The van der Waals surface area contributed by atoms with Crippen LogP contribution >= 0.6 is 0 Å². The molecular weight excluding hydrogens is 190 g/mol. The molecule has 0 radical (unpaired) electrons. The summed E-state index contributed by atoms with van der Waals surface area (Å²) in [6.45, 7) is 1.71. The van der Waals surface area contributed by atoms with Crippen LogP contribution in [-0.2, 0) is 13.0 Å². The number of likely N-dealkylation sites (tertiary alicyclic amines) is 1. The molecule has 2 heterocycles. The lowest BCUT2D eigenvalue weighted by Crippen LogP contribution is -2.37. The molecule has 0 bridgehead atoms. The van der Waals surface area contributed by atoms with E-state index in [-0.39, 0.29) is 0 Å². The predicted molar refractivity (Wildman–Crippen MR) is 58.4 cm³/mol. The van der Waals surface area contributed by atoms with Crippen LogP contribution in [0, 0.1) is 0 Å². The maximum absolute atomic E-state index is 5.62. The van der Waals surface area contributed by atoms with Crippen molar-refractivity contribution < 1.29 is 4.52 Å². The van der Waals surface area contributed by atoms with Crippen LogP contribution in [0.5, 0.6) is 0 Å². The first-order valence-corrected chi connectivity index (χ1v) is 5.64. The number of hydrogen-bond donors (Lipinski definition) is 1. The van der Waals surface area contributed by atoms with Crippen molar-refractivity contribution in [2.45, 2.75) is 38.3 Å². The molecule has 1 fully saturated rings. The van der Waals surface area contributed by atoms with Crippen molar-refractivity contribution in [2.75, 3.05) is 13.6 Å². The molecule has 1 unspecified atom stereocenters. The summed E-state index contributed by atoms with van der Waals surface area (Å²) in [5, 5.41) is 3.81. The zero-order valence-electron chi connectivity index (χ0n) is 9.28. The topological polar surface area (TPSA) is 55.3 Å². The predicted octanol–water partition coefficient (Wildman–Crippen LogP) is 1.16. The minimum absolute atomic E-state index is 0.523. The summed E-state index contributed by atoms with van der Waals surface area (Å²) in [6, 6.07) is 0.594. The molecular formula is C11H19N3O. The molecule has 1 aromatic heterocycles. The summed E-state index contributed by atoms with van der Waals surface area (Å²) in [7, 11) is 2.18. The van der Waals surface area contributed by atoms with Crippen molar-refractivity contribution in [1.29, 1.82) is 0 Å². The van der Waals surface area contributed by atoms with Crippen molar-refractivity contribution in [3.05, 3.63) is 17.5 Å². The Balaban J connectivity index is 2.01. The number of likely N-dealkylation sites (N-methyl/N-ethyl adjacent to an activating group) is 1. The Hall–Kier alpha value is -0.870. The van der Waals surface area contributed by atoms with Gasteiger partial charge in [-0.3, -0.25) is 0 Å². The normalized spacial score (nSPS) is 23.2. The molecule has 1 atom stereocenters. The van der Waals surface area contributed by atoms with Crippen LogP contribution < -0.4 is 5.73 Å². The zero-order chi connectivity index (χ0) is 10.7. The molecule has 84 valence electrons. The van der Waals surface area contributed by atoms with E-state index in [0.717, 1.165) is 17.7 Å². The average molecular weight is 209 g/mol. The number of aromatic nitrogens is 1. The standard InChI is InChI=1S/C11H19N3O/c1-14-5-3-2-4-10(14)6-11-9(7-12)8-13-15-11/h8,10H,2-7,12H2,1H3. The molecule has 4 heteroatoms. The molecule has 2 rings (SSSR count). The second-order valence-corrected chi connectivity index (χ2v) is 4.31. The third-order valence-electron chi connectivity index (χ3n) is 3.29. The van der Waals surface area contributed by atoms with Gasteiger partial charge in [-0.15, -0.1) is 0 Å². The van der Waals surface area contributed by atoms with Gasteiger partial charge in [0.05, 0.1) is 6.20 Å². The molecule has 0 aliphatic carbocycles. The maximum Gasteiger partial charge on any atom is 0.142 e. The Morgan fingerprint density at radius 3 is 3.20 bits per heavy atom. The number of rotatable bonds is 3. The highest BCUT2D eigenvalue weighted by Gasteiger charge is 2.21. The number of nitrogens with zero attached hydrogens (tertiary/aromatic N) is 2. The zero-order valence-corrected chi connectivity index (χ0v) is 9.28. The largest absolute Gasteiger partial charge is 0.361 e. The number of nitrogens with two attached hydrogens (primary N) is 1. The first-order chi connectivity index (χ1) is 7.31. The van der Waals surface area contributed by atoms with E-state index >= 15 is 0 Å². The van der Waals surface area contributed by atoms with E-state index in [1.807, 2.05) is 0 Å². The molecule has 0 spiro atoms. The Morgan fingerprint density at radius 1 is 1.60 bits per heavy atom. The van der Waals surface area contributed by atoms with Crippen LogP contribution in [0.3, 0.4) is 0 Å². The first kappa shape index (κ1) is 10.6. The fourth-order valence-corrected chi connectivity index (χ4v) is 2.24. The molecule has 1 saturated heterocycles. The van der Waals surface area contributed by atoms with Gasteiger partial charge in [-0.2, -0.15) is 0 Å². The summed E-state index contributed by atoms with van der Waals surface area (Å²) >= 11 is 0. The highest BCUT2D eigenvalue weighted by Crippen LogP contribution is 2.20. The highest BCUT2D eigenvalue weighted by molar-refractivity contribution is 5.14. The summed E-state index contributed by atoms with van der Waals surface area (Å²) in [6.07, 6.45) is 6.57. The van der Waals surface area contributed by atoms with Crippen LogP contribution in [0.15, 0.2) is 10.7 Å². The van der Waals surface area contributed by atoms with Gasteiger partial charge >= 0.3 is 0 Å². The third-order valence-corrected chi connectivity index (χ3v) is 3.29. The van der Waals surface area contributed by atoms with Gasteiger partial charge in [0.15, 0.2) is 0 Å². The van der Waals surface area contributed by atoms with Gasteiger partial charge in [0.25, 0.3) is 0 Å². The minimum atomic E-state index is 0.523. The van der Waals surface area contributed by atoms with Gasteiger partial charge in [0.2, 0.25) is 0 Å². The van der Waals surface area contributed by atoms with Crippen molar-refractivity contribution in [3.8, 4) is 0 Å². The summed E-state index contributed by atoms with van der Waals surface area (Å²) in [4.78, 5) is 2.41. The average Bonchev–Trinajstić information content (AvgIpc) is 2.69. The second kappa shape index (κ2) is 4.77. The summed E-state index contributed by atoms with van der Waals surface area (Å²) in [5.41, 5.74) is 6.67. The number of piperidine rings is 1. The van der Waals surface area contributed by atoms with Gasteiger partial charge in [-0.25, -0.2) is 0 Å². The second-order valence-electron chi connectivity index (χ2n) is 4.31. The molecule has 15 heavy (non-hydrogen) atoms. The fourth-order valence-electron chi connectivity index (χ4n) is 2.24. The van der Waals surface area contributed by atoms with Crippen molar-refractivity contribution >= 4 is 0 Å². The molecule has 0 amide bonds. The summed E-state index contributed by atoms with van der Waals surface area (Å²) in [5.74, 6) is 0.969. The fraction of sp³-hybridized carbons (Fsp3) is 0.727. The van der Waals surface area contributed by atoms with E-state index in [9.17, 15) is 0 Å². The maximum atomic E-state index is 5.62. The van der Waals surface area contributed by atoms with E-state index in [4.69, 9.17) is 10.3 Å². The van der Waals surface area contributed by atoms with Gasteiger partial charge in [0.1, 0.15) is 5.76 Å². The molecule has 4 nitrogen and oxygen atoms in total. The van der Waals surface area contributed by atoms with Crippen LogP contribution in [0.1, 0.15) is 30.6 Å². The molecule has 0 saturated carbocycles. The Labute approximate surface area is 90.4 Å². The van der Waals surface area contributed by atoms with E-state index in [1.54, 1.807) is 6.20 Å². The highest BCUT2D eigenvalue weighted by atomic mass is 16.5. The monoisotopic (exact) mass is 209 g/mol. The smallest absolute Gasteiger partial charge is 0.142 e. The van der Waals surface area contributed by atoms with Crippen LogP contribution in [0.2, 0.25) is 0 Å². The van der Waals surface area contributed by atoms with E-state index in [0.29, 0.717) is 12.6 Å². The molecule has 1 aliphatic heterocycles. The van der Waals surface area contributed by atoms with Gasteiger partial charge < -0.3 is 15.2 Å². The third kappa shape index (κ3) is 2.38. The van der Waals surface area contributed by atoms with Gasteiger partial charge in [-0.05, 0) is 26.4 Å². The SMILES string of the molecule is CN1CCCCC1Cc1oncc1CN. The van der Waals surface area contributed by atoms with Crippen molar-refractivity contribution in [1.82, 2.24) is 10.1 Å². The lowest BCUT2D eigenvalue weighted by atomic mass is 9.98. The molecule has 0 aromatic carbocycles. The van der Waals surface area contributed by atoms with Crippen molar-refractivity contribution in [3.63, 3.8) is 0 Å². The Bertz CT molecular complexity index is 311. The van der Waals surface area contributed by atoms with E-state index in [2.05, 4.69) is 17.1 Å². The minimum Gasteiger partial charge on any atom is -0.361 e. The quantitative estimate of drug-likeness (QED) is 0.811. The van der Waals surface area contributed by atoms with Crippen LogP contribution in [0.25, 0.3) is 0 Å². The van der Waals surface area contributed by atoms with Gasteiger partial charge in [-0.1, -0.05) is 11.6 Å². The van der Waals surface area contributed by atoms with Crippen molar-refractivity contribution in [2.24, 2.45) is 5.73 Å². The molecule has 1 aromatic rings. The molecule has 2 N–H and O–H groups in total. The van der Waals surface area contributed by atoms with Crippen LogP contribution in [0.4, 0.5) is 0 Å². The Kier molecular flexibility index (Phi) is 3.38. The Morgan fingerprint density at radius 2 is 2.47 bits per heavy atom. The first-order valence-electron chi connectivity index (χ1n) is 5.64. The van der Waals surface area contributed by atoms with E-state index < -0.39 is 0 Å². The van der Waals surface area contributed by atoms with Gasteiger partial charge in [0, 0.05) is 24.6 Å². The lowest BCUT2D eigenvalue weighted by molar-refractivity contribution is 0.175. The summed E-state index contributed by atoms with van der Waals surface area (Å²) < 4.78 is 5.25. The number of hydrogen-bond acceptors (Lipinski definition) is 4. The lowest BCUT2D eigenvalue weighted by Gasteiger charge is -2.31.